The first kappa shape index (κ1) is 16.5. The number of ether oxygens (including phenoxy) is 1. The molecule has 1 N–H and O–H groups in total. The SMILES string of the molecule is CCCOc1cccc(CCNC(=O)[C@@H](C)N(C)C)c1. The Balaban J connectivity index is 2.40. The molecule has 0 aromatic heterocycles. The third kappa shape index (κ3) is 5.61. The minimum atomic E-state index is -0.103. The van der Waals surface area contributed by atoms with Crippen LogP contribution in [0.2, 0.25) is 0 Å². The Bertz CT molecular complexity index is 419. The van der Waals surface area contributed by atoms with Crippen molar-refractivity contribution < 1.29 is 9.53 Å². The Labute approximate surface area is 122 Å². The Morgan fingerprint density at radius 1 is 1.40 bits per heavy atom. The van der Waals surface area contributed by atoms with Gasteiger partial charge in [0.1, 0.15) is 5.75 Å². The van der Waals surface area contributed by atoms with Crippen molar-refractivity contribution in [3.05, 3.63) is 29.8 Å². The maximum Gasteiger partial charge on any atom is 0.237 e. The van der Waals surface area contributed by atoms with Crippen LogP contribution >= 0.6 is 0 Å². The minimum Gasteiger partial charge on any atom is -0.494 e. The lowest BCUT2D eigenvalue weighted by molar-refractivity contribution is -0.124. The van der Waals surface area contributed by atoms with Crippen molar-refractivity contribution in [2.45, 2.75) is 32.7 Å². The molecule has 1 rings (SSSR count). The molecule has 4 nitrogen and oxygen atoms in total. The van der Waals surface area contributed by atoms with Crippen LogP contribution in [0.15, 0.2) is 24.3 Å². The predicted molar refractivity (Wildman–Crippen MR) is 82.1 cm³/mol. The van der Waals surface area contributed by atoms with Crippen LogP contribution in [0, 0.1) is 0 Å². The second kappa shape index (κ2) is 8.59. The molecule has 0 saturated carbocycles. The fourth-order valence-corrected chi connectivity index (χ4v) is 1.72. The molecule has 0 fully saturated rings. The molecule has 1 aromatic rings. The van der Waals surface area contributed by atoms with Gasteiger partial charge in [0.25, 0.3) is 0 Å². The number of nitrogens with zero attached hydrogens (tertiary/aromatic N) is 1. The van der Waals surface area contributed by atoms with E-state index < -0.39 is 0 Å². The monoisotopic (exact) mass is 278 g/mol. The number of hydrogen-bond acceptors (Lipinski definition) is 3. The van der Waals surface area contributed by atoms with Gasteiger partial charge in [-0.1, -0.05) is 19.1 Å². The smallest absolute Gasteiger partial charge is 0.237 e. The molecule has 1 amide bonds. The Kier molecular flexibility index (Phi) is 7.09. The summed E-state index contributed by atoms with van der Waals surface area (Å²) in [5, 5.41) is 2.95. The van der Waals surface area contributed by atoms with Gasteiger partial charge in [-0.05, 0) is 51.6 Å². The van der Waals surface area contributed by atoms with Crippen molar-refractivity contribution in [2.24, 2.45) is 0 Å². The number of hydrogen-bond donors (Lipinski definition) is 1. The van der Waals surface area contributed by atoms with Crippen molar-refractivity contribution in [1.29, 1.82) is 0 Å². The Morgan fingerprint density at radius 3 is 2.80 bits per heavy atom. The van der Waals surface area contributed by atoms with Gasteiger partial charge in [0.05, 0.1) is 12.6 Å². The number of carbonyl (C=O) groups is 1. The highest BCUT2D eigenvalue weighted by Gasteiger charge is 2.13. The fourth-order valence-electron chi connectivity index (χ4n) is 1.72. The van der Waals surface area contributed by atoms with Crippen LogP contribution in [0.1, 0.15) is 25.8 Å². The molecule has 0 aliphatic heterocycles. The van der Waals surface area contributed by atoms with Crippen LogP contribution < -0.4 is 10.1 Å². The third-order valence-electron chi connectivity index (χ3n) is 3.24. The van der Waals surface area contributed by atoms with E-state index in [1.54, 1.807) is 0 Å². The molecule has 1 aromatic carbocycles. The quantitative estimate of drug-likeness (QED) is 0.791. The summed E-state index contributed by atoms with van der Waals surface area (Å²) >= 11 is 0. The van der Waals surface area contributed by atoms with Crippen LogP contribution in [0.3, 0.4) is 0 Å². The molecule has 1 atom stereocenters. The minimum absolute atomic E-state index is 0.0633. The van der Waals surface area contributed by atoms with Crippen molar-refractivity contribution in [1.82, 2.24) is 10.2 Å². The van der Waals surface area contributed by atoms with Crippen LogP contribution in [0.5, 0.6) is 5.75 Å². The van der Waals surface area contributed by atoms with E-state index in [1.807, 2.05) is 44.1 Å². The molecule has 0 heterocycles. The summed E-state index contributed by atoms with van der Waals surface area (Å²) in [7, 11) is 3.80. The molecule has 0 saturated heterocycles. The predicted octanol–water partition coefficient (Wildman–Crippen LogP) is 2.08. The fraction of sp³-hybridized carbons (Fsp3) is 0.562. The first-order valence-electron chi connectivity index (χ1n) is 7.20. The molecule has 0 aliphatic rings. The second-order valence-electron chi connectivity index (χ2n) is 5.18. The summed E-state index contributed by atoms with van der Waals surface area (Å²) in [6.45, 7) is 5.37. The largest absolute Gasteiger partial charge is 0.494 e. The van der Waals surface area contributed by atoms with Gasteiger partial charge in [-0.25, -0.2) is 0 Å². The standard InChI is InChI=1S/C16H26N2O2/c1-5-11-20-15-8-6-7-14(12-15)9-10-17-16(19)13(2)18(3)4/h6-8,12-13H,5,9-11H2,1-4H3,(H,17,19)/t13-/m1/s1. The summed E-state index contributed by atoms with van der Waals surface area (Å²) < 4.78 is 5.60. The van der Waals surface area contributed by atoms with Crippen molar-refractivity contribution in [3.63, 3.8) is 0 Å². The van der Waals surface area contributed by atoms with Crippen molar-refractivity contribution >= 4 is 5.91 Å². The van der Waals surface area contributed by atoms with E-state index in [4.69, 9.17) is 4.74 Å². The van der Waals surface area contributed by atoms with Gasteiger partial charge in [-0.2, -0.15) is 0 Å². The van der Waals surface area contributed by atoms with Crippen LogP contribution in [-0.4, -0.2) is 44.1 Å². The van der Waals surface area contributed by atoms with Crippen LogP contribution in [0.4, 0.5) is 0 Å². The third-order valence-corrected chi connectivity index (χ3v) is 3.24. The maximum atomic E-state index is 11.8. The summed E-state index contributed by atoms with van der Waals surface area (Å²) in [6.07, 6.45) is 1.82. The van der Waals surface area contributed by atoms with E-state index in [0.29, 0.717) is 6.54 Å². The Morgan fingerprint density at radius 2 is 2.15 bits per heavy atom. The molecule has 0 radical (unpaired) electrons. The number of amides is 1. The van der Waals surface area contributed by atoms with Crippen molar-refractivity contribution in [2.75, 3.05) is 27.2 Å². The highest BCUT2D eigenvalue weighted by Crippen LogP contribution is 2.13. The van der Waals surface area contributed by atoms with Crippen LogP contribution in [0.25, 0.3) is 0 Å². The number of carbonyl (C=O) groups excluding carboxylic acids is 1. The number of nitrogens with one attached hydrogen (secondary N) is 1. The molecule has 0 unspecified atom stereocenters. The zero-order chi connectivity index (χ0) is 15.0. The summed E-state index contributed by atoms with van der Waals surface area (Å²) in [4.78, 5) is 13.7. The van der Waals surface area contributed by atoms with E-state index in [9.17, 15) is 4.79 Å². The highest BCUT2D eigenvalue weighted by atomic mass is 16.5. The van der Waals surface area contributed by atoms with Gasteiger partial charge in [0.2, 0.25) is 5.91 Å². The zero-order valence-corrected chi connectivity index (χ0v) is 13.0. The highest BCUT2D eigenvalue weighted by molar-refractivity contribution is 5.81. The lowest BCUT2D eigenvalue weighted by atomic mass is 10.1. The first-order chi connectivity index (χ1) is 9.54. The molecule has 112 valence electrons. The normalized spacial score (nSPS) is 12.2. The van der Waals surface area contributed by atoms with Gasteiger partial charge in [-0.15, -0.1) is 0 Å². The van der Waals surface area contributed by atoms with E-state index in [-0.39, 0.29) is 11.9 Å². The van der Waals surface area contributed by atoms with E-state index in [0.717, 1.165) is 25.2 Å². The number of rotatable bonds is 8. The van der Waals surface area contributed by atoms with Gasteiger partial charge >= 0.3 is 0 Å². The summed E-state index contributed by atoms with van der Waals surface area (Å²) in [6, 6.07) is 7.95. The topological polar surface area (TPSA) is 41.6 Å². The average Bonchev–Trinajstić information content (AvgIpc) is 2.44. The number of likely N-dealkylation sites (N-methyl/N-ethyl adjacent to an activating group) is 1. The Hall–Kier alpha value is -1.55. The molecule has 0 bridgehead atoms. The molecular weight excluding hydrogens is 252 g/mol. The average molecular weight is 278 g/mol. The molecule has 0 aliphatic carbocycles. The maximum absolute atomic E-state index is 11.8. The molecular formula is C16H26N2O2. The van der Waals surface area contributed by atoms with E-state index in [2.05, 4.69) is 18.3 Å². The molecule has 0 spiro atoms. The second-order valence-corrected chi connectivity index (χ2v) is 5.18. The van der Waals surface area contributed by atoms with Crippen LogP contribution in [-0.2, 0) is 11.2 Å². The molecule has 20 heavy (non-hydrogen) atoms. The number of benzene rings is 1. The first-order valence-corrected chi connectivity index (χ1v) is 7.20. The summed E-state index contributed by atoms with van der Waals surface area (Å²) in [5.41, 5.74) is 1.18. The van der Waals surface area contributed by atoms with Gasteiger partial charge in [0, 0.05) is 6.54 Å². The van der Waals surface area contributed by atoms with Gasteiger partial charge in [-0.3, -0.25) is 9.69 Å². The lowest BCUT2D eigenvalue weighted by Gasteiger charge is -2.18. The van der Waals surface area contributed by atoms with Crippen molar-refractivity contribution in [3.8, 4) is 5.75 Å². The van der Waals surface area contributed by atoms with Gasteiger partial charge in [0.15, 0.2) is 0 Å². The molecule has 4 heteroatoms. The van der Waals surface area contributed by atoms with E-state index >= 15 is 0 Å². The lowest BCUT2D eigenvalue weighted by Crippen LogP contribution is -2.42. The van der Waals surface area contributed by atoms with E-state index in [1.165, 1.54) is 5.56 Å². The summed E-state index contributed by atoms with van der Waals surface area (Å²) in [5.74, 6) is 0.964. The van der Waals surface area contributed by atoms with Gasteiger partial charge < -0.3 is 10.1 Å². The zero-order valence-electron chi connectivity index (χ0n) is 13.0.